The van der Waals surface area contributed by atoms with Crippen LogP contribution in [0.2, 0.25) is 5.02 Å². The molecule has 0 saturated heterocycles. The van der Waals surface area contributed by atoms with Crippen LogP contribution in [0.3, 0.4) is 0 Å². The number of nitrogens with one attached hydrogen (secondary N) is 1. The molecule has 4 aromatic carbocycles. The van der Waals surface area contributed by atoms with Gasteiger partial charge in [-0.05, 0) is 66.4 Å². The van der Waals surface area contributed by atoms with Crippen LogP contribution < -0.4 is 14.4 Å². The molecule has 8 nitrogen and oxygen atoms in total. The van der Waals surface area contributed by atoms with Gasteiger partial charge in [-0.2, -0.15) is 0 Å². The SMILES string of the molecule is COc1cccc(CN(C(=O)CN(c2ccc(F)c(Cl)c2)S(=O)(=O)c2ccccc2)[C@@H](Cc2ccccc2)C(=O)NC2CCCCC2)c1. The van der Waals surface area contributed by atoms with Gasteiger partial charge in [0.1, 0.15) is 24.2 Å². The molecule has 5 rings (SSSR count). The molecule has 0 aliphatic heterocycles. The number of amides is 2. The summed E-state index contributed by atoms with van der Waals surface area (Å²) < 4.78 is 48.8. The van der Waals surface area contributed by atoms with Crippen LogP contribution in [0.1, 0.15) is 43.2 Å². The highest BCUT2D eigenvalue weighted by atomic mass is 35.5. The monoisotopic (exact) mass is 691 g/mol. The molecule has 0 spiro atoms. The van der Waals surface area contributed by atoms with Crippen LogP contribution in [0, 0.1) is 5.82 Å². The second kappa shape index (κ2) is 16.1. The summed E-state index contributed by atoms with van der Waals surface area (Å²) in [5.41, 5.74) is 1.53. The Balaban J connectivity index is 1.58. The van der Waals surface area contributed by atoms with Gasteiger partial charge < -0.3 is 15.0 Å². The Hall–Kier alpha value is -4.41. The lowest BCUT2D eigenvalue weighted by atomic mass is 9.94. The largest absolute Gasteiger partial charge is 0.497 e. The van der Waals surface area contributed by atoms with Gasteiger partial charge in [-0.3, -0.25) is 13.9 Å². The smallest absolute Gasteiger partial charge is 0.264 e. The summed E-state index contributed by atoms with van der Waals surface area (Å²) in [5.74, 6) is -1.10. The van der Waals surface area contributed by atoms with Crippen molar-refractivity contribution in [3.8, 4) is 5.75 Å². The summed E-state index contributed by atoms with van der Waals surface area (Å²) in [5, 5.41) is 2.89. The van der Waals surface area contributed by atoms with Crippen molar-refractivity contribution in [3.05, 3.63) is 125 Å². The third-order valence-corrected chi connectivity index (χ3v) is 10.6. The van der Waals surface area contributed by atoms with Crippen molar-refractivity contribution in [2.75, 3.05) is 18.0 Å². The summed E-state index contributed by atoms with van der Waals surface area (Å²) in [4.78, 5) is 30.2. The quantitative estimate of drug-likeness (QED) is 0.167. The maximum Gasteiger partial charge on any atom is 0.264 e. The van der Waals surface area contributed by atoms with Gasteiger partial charge in [-0.1, -0.05) is 91.5 Å². The molecule has 1 aliphatic rings. The van der Waals surface area contributed by atoms with E-state index in [0.717, 1.165) is 48.0 Å². The van der Waals surface area contributed by atoms with E-state index in [4.69, 9.17) is 16.3 Å². The minimum Gasteiger partial charge on any atom is -0.497 e. The van der Waals surface area contributed by atoms with Gasteiger partial charge in [0, 0.05) is 19.0 Å². The average Bonchev–Trinajstić information content (AvgIpc) is 3.11. The zero-order chi connectivity index (χ0) is 34.1. The normalized spacial score (nSPS) is 14.1. The molecule has 0 radical (unpaired) electrons. The average molecular weight is 692 g/mol. The predicted octanol–water partition coefficient (Wildman–Crippen LogP) is 6.77. The Kier molecular flexibility index (Phi) is 11.7. The van der Waals surface area contributed by atoms with Crippen molar-refractivity contribution in [1.82, 2.24) is 10.2 Å². The fourth-order valence-electron chi connectivity index (χ4n) is 5.95. The molecule has 48 heavy (non-hydrogen) atoms. The number of carbonyl (C=O) groups excluding carboxylic acids is 2. The van der Waals surface area contributed by atoms with Crippen molar-refractivity contribution in [1.29, 1.82) is 0 Å². The van der Waals surface area contributed by atoms with Crippen LogP contribution in [0.15, 0.2) is 108 Å². The first kappa shape index (κ1) is 34.9. The van der Waals surface area contributed by atoms with Crippen molar-refractivity contribution in [2.45, 2.75) is 62.0 Å². The Morgan fingerprint density at radius 1 is 0.896 bits per heavy atom. The third-order valence-electron chi connectivity index (χ3n) is 8.51. The molecule has 0 heterocycles. The zero-order valence-electron chi connectivity index (χ0n) is 26.7. The van der Waals surface area contributed by atoms with Gasteiger partial charge in [0.25, 0.3) is 10.0 Å². The van der Waals surface area contributed by atoms with E-state index >= 15 is 0 Å². The molecule has 0 bridgehead atoms. The third kappa shape index (κ3) is 8.73. The van der Waals surface area contributed by atoms with E-state index in [0.29, 0.717) is 11.3 Å². The van der Waals surface area contributed by atoms with E-state index in [1.165, 1.54) is 36.3 Å². The molecule has 1 aliphatic carbocycles. The molecule has 1 atom stereocenters. The van der Waals surface area contributed by atoms with Gasteiger partial charge in [-0.15, -0.1) is 0 Å². The maximum atomic E-state index is 14.6. The van der Waals surface area contributed by atoms with Crippen molar-refractivity contribution in [2.24, 2.45) is 0 Å². The highest BCUT2D eigenvalue weighted by molar-refractivity contribution is 7.92. The van der Waals surface area contributed by atoms with Crippen LogP contribution in [0.4, 0.5) is 10.1 Å². The number of rotatable bonds is 13. The van der Waals surface area contributed by atoms with Gasteiger partial charge in [-0.25, -0.2) is 12.8 Å². The first-order valence-corrected chi connectivity index (χ1v) is 17.8. The van der Waals surface area contributed by atoms with Crippen LogP contribution >= 0.6 is 11.6 Å². The number of ether oxygens (including phenoxy) is 1. The minimum atomic E-state index is -4.34. The molecule has 1 N–H and O–H groups in total. The Labute approximate surface area is 286 Å². The second-order valence-electron chi connectivity index (χ2n) is 11.8. The topological polar surface area (TPSA) is 96.0 Å². The molecule has 0 aromatic heterocycles. The van der Waals surface area contributed by atoms with Crippen molar-refractivity contribution in [3.63, 3.8) is 0 Å². The van der Waals surface area contributed by atoms with Crippen LogP contribution in [-0.2, 0) is 32.6 Å². The number of hydrogen-bond acceptors (Lipinski definition) is 5. The van der Waals surface area contributed by atoms with Gasteiger partial charge in [0.05, 0.1) is 22.7 Å². The van der Waals surface area contributed by atoms with Crippen LogP contribution in [0.25, 0.3) is 0 Å². The van der Waals surface area contributed by atoms with E-state index < -0.39 is 34.3 Å². The first-order valence-electron chi connectivity index (χ1n) is 16.0. The minimum absolute atomic E-state index is 0.00494. The fourth-order valence-corrected chi connectivity index (χ4v) is 7.56. The molecule has 1 saturated carbocycles. The number of nitrogens with zero attached hydrogens (tertiary/aromatic N) is 2. The zero-order valence-corrected chi connectivity index (χ0v) is 28.3. The molecule has 2 amide bonds. The van der Waals surface area contributed by atoms with E-state index in [-0.39, 0.29) is 40.5 Å². The molecule has 0 unspecified atom stereocenters. The Morgan fingerprint density at radius 2 is 1.56 bits per heavy atom. The van der Waals surface area contributed by atoms with E-state index in [1.54, 1.807) is 36.4 Å². The fraction of sp³-hybridized carbons (Fsp3) is 0.297. The summed E-state index contributed by atoms with van der Waals surface area (Å²) in [6, 6.07) is 26.7. The highest BCUT2D eigenvalue weighted by Crippen LogP contribution is 2.29. The van der Waals surface area contributed by atoms with Crippen LogP contribution in [-0.4, -0.2) is 50.9 Å². The molecule has 252 valence electrons. The first-order chi connectivity index (χ1) is 23.2. The lowest BCUT2D eigenvalue weighted by Crippen LogP contribution is -2.55. The lowest BCUT2D eigenvalue weighted by molar-refractivity contribution is -0.140. The molecular formula is C37H39ClFN3O5S. The molecular weight excluding hydrogens is 653 g/mol. The highest BCUT2D eigenvalue weighted by Gasteiger charge is 2.35. The van der Waals surface area contributed by atoms with Crippen molar-refractivity contribution >= 4 is 39.1 Å². The van der Waals surface area contributed by atoms with E-state index in [2.05, 4.69) is 5.32 Å². The standard InChI is InChI=1S/C37H39ClFN3O5S/c1-47-31-17-11-14-28(22-31)25-41(35(23-27-12-5-2-6-13-27)37(44)40-29-15-7-3-8-16-29)36(43)26-42(30-20-21-34(39)33(38)24-30)48(45,46)32-18-9-4-10-19-32/h2,4-6,9-14,17-22,24,29,35H,3,7-8,15-16,23,25-26H2,1H3,(H,40,44)/t35-/m0/s1. The number of carbonyl (C=O) groups is 2. The molecule has 11 heteroatoms. The Bertz CT molecular complexity index is 1800. The number of sulfonamides is 1. The predicted molar refractivity (Wildman–Crippen MR) is 185 cm³/mol. The summed E-state index contributed by atoms with van der Waals surface area (Å²) >= 11 is 6.11. The lowest BCUT2D eigenvalue weighted by Gasteiger charge is -2.35. The maximum absolute atomic E-state index is 14.6. The molecule has 4 aromatic rings. The summed E-state index contributed by atoms with van der Waals surface area (Å²) in [6.45, 7) is -0.680. The number of benzene rings is 4. The number of halogens is 2. The van der Waals surface area contributed by atoms with Crippen molar-refractivity contribution < 1.29 is 27.1 Å². The number of methoxy groups -OCH3 is 1. The number of hydrogen-bond donors (Lipinski definition) is 1. The summed E-state index contributed by atoms with van der Waals surface area (Å²) in [7, 11) is -2.80. The number of anilines is 1. The second-order valence-corrected chi connectivity index (χ2v) is 14.1. The van der Waals surface area contributed by atoms with E-state index in [1.807, 2.05) is 36.4 Å². The van der Waals surface area contributed by atoms with Gasteiger partial charge in [0.15, 0.2) is 0 Å². The van der Waals surface area contributed by atoms with Gasteiger partial charge in [0.2, 0.25) is 11.8 Å². The van der Waals surface area contributed by atoms with Gasteiger partial charge >= 0.3 is 0 Å². The van der Waals surface area contributed by atoms with E-state index in [9.17, 15) is 22.4 Å². The Morgan fingerprint density at radius 3 is 2.23 bits per heavy atom. The summed E-state index contributed by atoms with van der Waals surface area (Å²) in [6.07, 6.45) is 5.02. The molecule has 1 fully saturated rings. The van der Waals surface area contributed by atoms with Crippen LogP contribution in [0.5, 0.6) is 5.75 Å².